The Bertz CT molecular complexity index is 800. The first-order chi connectivity index (χ1) is 12.8. The van der Waals surface area contributed by atoms with Crippen molar-refractivity contribution < 1.29 is 9.59 Å². The first kappa shape index (κ1) is 16.5. The van der Waals surface area contributed by atoms with Gasteiger partial charge in [0.25, 0.3) is 5.91 Å². The van der Waals surface area contributed by atoms with Crippen LogP contribution in [0, 0.1) is 0 Å². The van der Waals surface area contributed by atoms with Crippen LogP contribution in [0.1, 0.15) is 22.3 Å². The van der Waals surface area contributed by atoms with Crippen LogP contribution in [-0.4, -0.2) is 64.8 Å². The third-order valence-corrected chi connectivity index (χ3v) is 4.99. The third-order valence-electron chi connectivity index (χ3n) is 4.99. The van der Waals surface area contributed by atoms with Crippen LogP contribution in [0.25, 0.3) is 0 Å². The lowest BCUT2D eigenvalue weighted by atomic mass is 10.0. The Labute approximate surface area is 152 Å². The number of anilines is 2. The summed E-state index contributed by atoms with van der Waals surface area (Å²) < 4.78 is 0. The van der Waals surface area contributed by atoms with Crippen LogP contribution in [-0.2, 0) is 11.2 Å². The topological polar surface area (TPSA) is 69.6 Å². The van der Waals surface area contributed by atoms with Crippen molar-refractivity contribution in [2.24, 2.45) is 0 Å². The quantitative estimate of drug-likeness (QED) is 0.784. The van der Waals surface area contributed by atoms with Crippen molar-refractivity contribution in [3.63, 3.8) is 0 Å². The smallest absolute Gasteiger partial charge is 0.257 e. The average Bonchev–Trinajstić information content (AvgIpc) is 2.73. The normalized spacial score (nSPS) is 17.0. The van der Waals surface area contributed by atoms with Crippen LogP contribution in [0.4, 0.5) is 11.6 Å². The second kappa shape index (κ2) is 7.11. The zero-order valence-electron chi connectivity index (χ0n) is 14.5. The molecule has 1 aromatic heterocycles. The van der Waals surface area contributed by atoms with E-state index in [1.807, 2.05) is 6.07 Å². The molecule has 1 fully saturated rings. The predicted octanol–water partition coefficient (Wildman–Crippen LogP) is 1.48. The van der Waals surface area contributed by atoms with Crippen LogP contribution < -0.4 is 4.90 Å². The Morgan fingerprint density at radius 2 is 1.73 bits per heavy atom. The molecule has 7 nitrogen and oxygen atoms in total. The monoisotopic (exact) mass is 351 g/mol. The lowest BCUT2D eigenvalue weighted by Crippen LogP contribution is -2.48. The molecule has 0 unspecified atom stereocenters. The van der Waals surface area contributed by atoms with Gasteiger partial charge in [0.2, 0.25) is 12.4 Å². The summed E-state index contributed by atoms with van der Waals surface area (Å²) in [4.78, 5) is 37.8. The van der Waals surface area contributed by atoms with Crippen molar-refractivity contribution in [3.8, 4) is 0 Å². The molecule has 2 amide bonds. The van der Waals surface area contributed by atoms with E-state index in [4.69, 9.17) is 0 Å². The maximum atomic E-state index is 12.6. The van der Waals surface area contributed by atoms with Crippen LogP contribution in [0.2, 0.25) is 0 Å². The maximum Gasteiger partial charge on any atom is 0.257 e. The fourth-order valence-electron chi connectivity index (χ4n) is 3.53. The van der Waals surface area contributed by atoms with E-state index in [1.165, 1.54) is 5.56 Å². The number of rotatable bonds is 3. The van der Waals surface area contributed by atoms with E-state index in [0.717, 1.165) is 31.5 Å². The number of aryl methyl sites for hydroxylation is 1. The van der Waals surface area contributed by atoms with Crippen LogP contribution in [0.15, 0.2) is 36.7 Å². The van der Waals surface area contributed by atoms with Crippen molar-refractivity contribution in [2.45, 2.75) is 12.8 Å². The number of hydrogen-bond acceptors (Lipinski definition) is 5. The van der Waals surface area contributed by atoms with Crippen molar-refractivity contribution in [1.82, 2.24) is 19.8 Å². The van der Waals surface area contributed by atoms with E-state index in [9.17, 15) is 9.59 Å². The Balaban J connectivity index is 1.49. The van der Waals surface area contributed by atoms with Gasteiger partial charge >= 0.3 is 0 Å². The molecule has 2 aliphatic rings. The van der Waals surface area contributed by atoms with Crippen molar-refractivity contribution >= 4 is 24.0 Å². The summed E-state index contributed by atoms with van der Waals surface area (Å²) in [5.74, 6) is 0.542. The molecule has 0 bridgehead atoms. The van der Waals surface area contributed by atoms with Crippen LogP contribution in [0.3, 0.4) is 0 Å². The van der Waals surface area contributed by atoms with E-state index in [0.29, 0.717) is 37.7 Å². The summed E-state index contributed by atoms with van der Waals surface area (Å²) in [5.41, 5.74) is 2.93. The van der Waals surface area contributed by atoms with Gasteiger partial charge in [-0.05, 0) is 24.5 Å². The highest BCUT2D eigenvalue weighted by molar-refractivity contribution is 5.93. The number of fused-ring (bicyclic) bond motifs is 1. The van der Waals surface area contributed by atoms with E-state index in [2.05, 4.69) is 33.1 Å². The molecule has 2 aromatic rings. The fraction of sp³-hybridized carbons (Fsp3) is 0.368. The number of carbonyl (C=O) groups excluding carboxylic acids is 2. The Hall–Kier alpha value is -2.96. The molecule has 0 saturated carbocycles. The van der Waals surface area contributed by atoms with E-state index < -0.39 is 0 Å². The summed E-state index contributed by atoms with van der Waals surface area (Å²) in [6.45, 7) is 3.09. The Morgan fingerprint density at radius 3 is 2.46 bits per heavy atom. The number of nitrogens with zero attached hydrogens (tertiary/aromatic N) is 5. The second-order valence-corrected chi connectivity index (χ2v) is 6.59. The lowest BCUT2D eigenvalue weighted by molar-refractivity contribution is -0.119. The summed E-state index contributed by atoms with van der Waals surface area (Å²) in [6, 6.07) is 8.30. The summed E-state index contributed by atoms with van der Waals surface area (Å²) >= 11 is 0. The van der Waals surface area contributed by atoms with Gasteiger partial charge in [-0.3, -0.25) is 9.59 Å². The molecule has 0 spiro atoms. The number of para-hydroxylation sites is 1. The van der Waals surface area contributed by atoms with Gasteiger partial charge in [-0.1, -0.05) is 18.2 Å². The zero-order chi connectivity index (χ0) is 17.9. The number of aromatic nitrogens is 2. The first-order valence-corrected chi connectivity index (χ1v) is 8.92. The standard InChI is InChI=1S/C19H21N5O2/c25-14-22-8-10-23(11-9-22)18(26)16-12-20-19(21-13-16)24-7-3-5-15-4-1-2-6-17(15)24/h1-2,4,6,12-14H,3,5,7-11H2. The molecule has 0 N–H and O–H groups in total. The van der Waals surface area contributed by atoms with Crippen molar-refractivity contribution in [2.75, 3.05) is 37.6 Å². The van der Waals surface area contributed by atoms with Gasteiger partial charge in [0.05, 0.1) is 5.56 Å². The van der Waals surface area contributed by atoms with Gasteiger partial charge in [-0.15, -0.1) is 0 Å². The molecule has 7 heteroatoms. The minimum Gasteiger partial charge on any atom is -0.342 e. The molecule has 3 heterocycles. The van der Waals surface area contributed by atoms with Crippen LogP contribution in [0.5, 0.6) is 0 Å². The third kappa shape index (κ3) is 3.12. The number of piperazine rings is 1. The molecule has 1 aromatic carbocycles. The SMILES string of the molecule is O=CN1CCN(C(=O)c2cnc(N3CCCc4ccccc43)nc2)CC1. The molecule has 0 atom stereocenters. The average molecular weight is 351 g/mol. The highest BCUT2D eigenvalue weighted by Crippen LogP contribution is 2.31. The van der Waals surface area contributed by atoms with Gasteiger partial charge in [-0.2, -0.15) is 0 Å². The second-order valence-electron chi connectivity index (χ2n) is 6.59. The first-order valence-electron chi connectivity index (χ1n) is 8.92. The molecular weight excluding hydrogens is 330 g/mol. The maximum absolute atomic E-state index is 12.6. The summed E-state index contributed by atoms with van der Waals surface area (Å²) in [7, 11) is 0. The molecular formula is C19H21N5O2. The number of hydrogen-bond donors (Lipinski definition) is 0. The molecule has 134 valence electrons. The molecule has 2 aliphatic heterocycles. The molecule has 26 heavy (non-hydrogen) atoms. The van der Waals surface area contributed by atoms with Gasteiger partial charge in [-0.25, -0.2) is 9.97 Å². The summed E-state index contributed by atoms with van der Waals surface area (Å²) in [6.07, 6.45) is 6.16. The Kier molecular flexibility index (Phi) is 4.51. The lowest BCUT2D eigenvalue weighted by Gasteiger charge is -2.32. The molecule has 1 saturated heterocycles. The van der Waals surface area contributed by atoms with E-state index in [-0.39, 0.29) is 5.91 Å². The minimum atomic E-state index is -0.0823. The van der Waals surface area contributed by atoms with Gasteiger partial charge in [0, 0.05) is 50.8 Å². The van der Waals surface area contributed by atoms with E-state index in [1.54, 1.807) is 22.2 Å². The van der Waals surface area contributed by atoms with Gasteiger partial charge in [0.1, 0.15) is 0 Å². The molecule has 4 rings (SSSR count). The minimum absolute atomic E-state index is 0.0823. The van der Waals surface area contributed by atoms with E-state index >= 15 is 0 Å². The largest absolute Gasteiger partial charge is 0.342 e. The highest BCUT2D eigenvalue weighted by Gasteiger charge is 2.23. The van der Waals surface area contributed by atoms with Crippen molar-refractivity contribution in [3.05, 3.63) is 47.8 Å². The zero-order valence-corrected chi connectivity index (χ0v) is 14.5. The molecule has 0 radical (unpaired) electrons. The Morgan fingerprint density at radius 1 is 1.00 bits per heavy atom. The van der Waals surface area contributed by atoms with Crippen LogP contribution >= 0.6 is 0 Å². The number of amides is 2. The summed E-state index contributed by atoms with van der Waals surface area (Å²) in [5, 5.41) is 0. The van der Waals surface area contributed by atoms with Crippen molar-refractivity contribution in [1.29, 1.82) is 0 Å². The highest BCUT2D eigenvalue weighted by atomic mass is 16.2. The fourth-order valence-corrected chi connectivity index (χ4v) is 3.53. The number of carbonyl (C=O) groups is 2. The van der Waals surface area contributed by atoms with Gasteiger partial charge < -0.3 is 14.7 Å². The predicted molar refractivity (Wildman–Crippen MR) is 97.3 cm³/mol. The van der Waals surface area contributed by atoms with Gasteiger partial charge in [0.15, 0.2) is 0 Å². The number of benzene rings is 1. The molecule has 0 aliphatic carbocycles.